The molecule has 6 nitrogen and oxygen atoms in total. The largest absolute Gasteiger partial charge is 0.573 e. The maximum absolute atomic E-state index is 12.7. The molecule has 0 atom stereocenters. The third kappa shape index (κ3) is 5.56. The lowest BCUT2D eigenvalue weighted by atomic mass is 9.92. The topological polar surface area (TPSA) is 65.1 Å². The molecule has 6 rings (SSSR count). The first-order valence-electron chi connectivity index (χ1n) is 14.0. The van der Waals surface area contributed by atoms with Gasteiger partial charge in [0.1, 0.15) is 16.9 Å². The van der Waals surface area contributed by atoms with E-state index >= 15 is 0 Å². The highest BCUT2D eigenvalue weighted by molar-refractivity contribution is 6.02. The van der Waals surface area contributed by atoms with Gasteiger partial charge in [0.15, 0.2) is 0 Å². The van der Waals surface area contributed by atoms with Gasteiger partial charge >= 0.3 is 6.36 Å². The minimum atomic E-state index is -4.75. The fourth-order valence-electron chi connectivity index (χ4n) is 6.02. The summed E-state index contributed by atoms with van der Waals surface area (Å²) in [7, 11) is 1.75. The van der Waals surface area contributed by atoms with Crippen LogP contribution in [0, 0.1) is 5.41 Å². The fraction of sp³-hybridized carbons (Fsp3) is 0.273. The molecule has 0 radical (unpaired) electrons. The Morgan fingerprint density at radius 2 is 1.48 bits per heavy atom. The zero-order chi connectivity index (χ0) is 29.3. The molecule has 1 N–H and O–H groups in total. The van der Waals surface area contributed by atoms with Crippen molar-refractivity contribution in [2.75, 3.05) is 7.11 Å². The highest BCUT2D eigenvalue weighted by Crippen LogP contribution is 2.40. The van der Waals surface area contributed by atoms with E-state index < -0.39 is 6.36 Å². The lowest BCUT2D eigenvalue weighted by Gasteiger charge is -2.29. The molecule has 1 fully saturated rings. The van der Waals surface area contributed by atoms with Gasteiger partial charge in [-0.05, 0) is 54.5 Å². The molecule has 0 bridgehead atoms. The first-order chi connectivity index (χ1) is 20.3. The highest BCUT2D eigenvalue weighted by Gasteiger charge is 2.31. The van der Waals surface area contributed by atoms with Crippen LogP contribution in [0.4, 0.5) is 13.2 Å². The minimum Gasteiger partial charge on any atom is -0.406 e. The van der Waals surface area contributed by atoms with Crippen LogP contribution in [-0.4, -0.2) is 33.7 Å². The predicted molar refractivity (Wildman–Crippen MR) is 155 cm³/mol. The molecule has 42 heavy (non-hydrogen) atoms. The monoisotopic (exact) mass is 572 g/mol. The van der Waals surface area contributed by atoms with Crippen molar-refractivity contribution in [3.63, 3.8) is 0 Å². The van der Waals surface area contributed by atoms with Gasteiger partial charge < -0.3 is 18.6 Å². The molecule has 5 aromatic rings. The number of ether oxygens (including phenoxy) is 2. The number of halogens is 3. The molecule has 216 valence electrons. The molecule has 0 spiro atoms. The molecular weight excluding hydrogens is 541 g/mol. The number of methoxy groups -OCH3 is 1. The SMILES string of the molecule is CO[C@H]1CC[C@H](n2cnc3c(c(-c4ccccc4)c(-c4ccccc4)n3Cc3ccc(OC(F)(F)F)cc3)c2=N)CC1. The second kappa shape index (κ2) is 11.5. The number of alkyl halides is 3. The van der Waals surface area contributed by atoms with Crippen molar-refractivity contribution in [2.24, 2.45) is 0 Å². The molecule has 0 saturated heterocycles. The van der Waals surface area contributed by atoms with E-state index in [1.807, 2.05) is 65.2 Å². The van der Waals surface area contributed by atoms with Gasteiger partial charge in [0, 0.05) is 25.3 Å². The third-order valence-corrected chi connectivity index (χ3v) is 8.01. The Labute approximate surface area is 241 Å². The lowest BCUT2D eigenvalue weighted by molar-refractivity contribution is -0.274. The van der Waals surface area contributed by atoms with Gasteiger partial charge in [0.2, 0.25) is 0 Å². The molecule has 0 aliphatic heterocycles. The van der Waals surface area contributed by atoms with Crippen molar-refractivity contribution < 1.29 is 22.6 Å². The maximum Gasteiger partial charge on any atom is 0.573 e. The summed E-state index contributed by atoms with van der Waals surface area (Å²) in [5, 5.41) is 10.2. The number of aromatic nitrogens is 3. The number of hydrogen-bond donors (Lipinski definition) is 1. The van der Waals surface area contributed by atoms with Gasteiger partial charge in [-0.25, -0.2) is 4.98 Å². The van der Waals surface area contributed by atoms with Gasteiger partial charge in [-0.15, -0.1) is 13.2 Å². The lowest BCUT2D eigenvalue weighted by Crippen LogP contribution is -2.30. The Kier molecular flexibility index (Phi) is 7.60. The first-order valence-corrected chi connectivity index (χ1v) is 14.0. The molecule has 2 aromatic heterocycles. The molecule has 2 heterocycles. The van der Waals surface area contributed by atoms with Crippen molar-refractivity contribution in [2.45, 2.75) is 50.7 Å². The number of nitrogens with one attached hydrogen (secondary N) is 1. The molecule has 0 unspecified atom stereocenters. The summed E-state index contributed by atoms with van der Waals surface area (Å²) < 4.78 is 52.0. The summed E-state index contributed by atoms with van der Waals surface area (Å²) in [4.78, 5) is 4.95. The average Bonchev–Trinajstić information content (AvgIpc) is 3.33. The summed E-state index contributed by atoms with van der Waals surface area (Å²) in [6, 6.07) is 26.0. The van der Waals surface area contributed by atoms with Crippen LogP contribution in [0.25, 0.3) is 33.4 Å². The summed E-state index contributed by atoms with van der Waals surface area (Å²) in [5.74, 6) is -0.271. The van der Waals surface area contributed by atoms with Crippen LogP contribution in [0.15, 0.2) is 91.3 Å². The first kappa shape index (κ1) is 27.8. The van der Waals surface area contributed by atoms with Gasteiger partial charge in [-0.1, -0.05) is 72.8 Å². The molecular formula is C33H31F3N4O2. The van der Waals surface area contributed by atoms with E-state index in [0.717, 1.165) is 59.0 Å². The molecule has 1 aliphatic rings. The summed E-state index contributed by atoms with van der Waals surface area (Å²) in [6.07, 6.45) is 0.927. The van der Waals surface area contributed by atoms with Gasteiger partial charge in [-0.3, -0.25) is 5.41 Å². The maximum atomic E-state index is 12.7. The van der Waals surface area contributed by atoms with E-state index in [-0.39, 0.29) is 17.9 Å². The normalized spacial score (nSPS) is 17.4. The predicted octanol–water partition coefficient (Wildman–Crippen LogP) is 7.73. The summed E-state index contributed by atoms with van der Waals surface area (Å²) in [5.41, 5.74) is 5.55. The van der Waals surface area contributed by atoms with Gasteiger partial charge in [-0.2, -0.15) is 0 Å². The number of rotatable bonds is 7. The van der Waals surface area contributed by atoms with Crippen LogP contribution in [-0.2, 0) is 11.3 Å². The number of hydrogen-bond acceptors (Lipinski definition) is 4. The van der Waals surface area contributed by atoms with Crippen LogP contribution < -0.4 is 10.2 Å². The third-order valence-electron chi connectivity index (χ3n) is 8.01. The van der Waals surface area contributed by atoms with Crippen LogP contribution in [0.5, 0.6) is 5.75 Å². The number of benzene rings is 3. The van der Waals surface area contributed by atoms with E-state index in [9.17, 15) is 18.6 Å². The van der Waals surface area contributed by atoms with E-state index in [2.05, 4.69) is 9.30 Å². The van der Waals surface area contributed by atoms with E-state index in [1.165, 1.54) is 12.1 Å². The van der Waals surface area contributed by atoms with Gasteiger partial charge in [0.25, 0.3) is 0 Å². The van der Waals surface area contributed by atoms with Crippen LogP contribution in [0.1, 0.15) is 37.3 Å². The zero-order valence-electron chi connectivity index (χ0n) is 23.1. The second-order valence-electron chi connectivity index (χ2n) is 10.6. The molecule has 9 heteroatoms. The van der Waals surface area contributed by atoms with Crippen molar-refractivity contribution in [1.82, 2.24) is 14.1 Å². The molecule has 1 aliphatic carbocycles. The van der Waals surface area contributed by atoms with Crippen LogP contribution >= 0.6 is 0 Å². The van der Waals surface area contributed by atoms with Crippen molar-refractivity contribution in [1.29, 1.82) is 5.41 Å². The Hall–Kier alpha value is -4.37. The number of fused-ring (bicyclic) bond motifs is 1. The van der Waals surface area contributed by atoms with Crippen molar-refractivity contribution >= 4 is 11.0 Å². The highest BCUT2D eigenvalue weighted by atomic mass is 19.4. The van der Waals surface area contributed by atoms with E-state index in [1.54, 1.807) is 25.6 Å². The summed E-state index contributed by atoms with van der Waals surface area (Å²) in [6.45, 7) is 0.343. The zero-order valence-corrected chi connectivity index (χ0v) is 23.1. The fourth-order valence-corrected chi connectivity index (χ4v) is 6.02. The smallest absolute Gasteiger partial charge is 0.406 e. The standard InChI is InChI=1S/C33H31F3N4O2/c1-41-26-18-14-25(15-19-26)40-21-38-32-29(31(40)37)28(23-8-4-2-5-9-23)30(24-10-6-3-7-11-24)39(32)20-22-12-16-27(17-13-22)42-33(34,35)36/h2-13,16-17,21,25-26,37H,14-15,18-20H2,1H3/t25-,26-. The van der Waals surface area contributed by atoms with Crippen molar-refractivity contribution in [3.05, 3.63) is 102 Å². The van der Waals surface area contributed by atoms with Gasteiger partial charge in [0.05, 0.1) is 23.5 Å². The summed E-state index contributed by atoms with van der Waals surface area (Å²) >= 11 is 0. The van der Waals surface area contributed by atoms with Crippen molar-refractivity contribution in [3.8, 4) is 28.1 Å². The molecule has 3 aromatic carbocycles. The second-order valence-corrected chi connectivity index (χ2v) is 10.6. The quantitative estimate of drug-likeness (QED) is 0.217. The van der Waals surface area contributed by atoms with E-state index in [4.69, 9.17) is 9.72 Å². The Bertz CT molecular complexity index is 1720. The Morgan fingerprint density at radius 1 is 0.857 bits per heavy atom. The Balaban J connectivity index is 1.54. The van der Waals surface area contributed by atoms with Crippen LogP contribution in [0.3, 0.4) is 0 Å². The average molecular weight is 573 g/mol. The molecule has 1 saturated carbocycles. The number of nitrogens with zero attached hydrogens (tertiary/aromatic N) is 3. The minimum absolute atomic E-state index is 0.147. The molecule has 0 amide bonds. The van der Waals surface area contributed by atoms with E-state index in [0.29, 0.717) is 17.7 Å². The Morgan fingerprint density at radius 3 is 2.07 bits per heavy atom. The van der Waals surface area contributed by atoms with Crippen LogP contribution in [0.2, 0.25) is 0 Å².